The van der Waals surface area contributed by atoms with E-state index in [1.807, 2.05) is 12.1 Å². The zero-order valence-electron chi connectivity index (χ0n) is 31.1. The van der Waals surface area contributed by atoms with Gasteiger partial charge in [-0.15, -0.1) is 0 Å². The Morgan fingerprint density at radius 2 is 1.00 bits per heavy atom. The molecule has 0 saturated carbocycles. The molecule has 0 N–H and O–H groups in total. The molecule has 0 bridgehead atoms. The van der Waals surface area contributed by atoms with Crippen LogP contribution in [0.1, 0.15) is 25.0 Å². The summed E-state index contributed by atoms with van der Waals surface area (Å²) in [7, 11) is 0. The Balaban J connectivity index is 1.19. The minimum Gasteiger partial charge on any atom is -0.456 e. The van der Waals surface area contributed by atoms with Crippen LogP contribution in [0.15, 0.2) is 186 Å². The fraction of sp³-hybridized carbons (Fsp3) is 0.0566. The van der Waals surface area contributed by atoms with Crippen LogP contribution < -0.4 is 0 Å². The molecule has 0 saturated heterocycles. The van der Waals surface area contributed by atoms with E-state index in [4.69, 9.17) is 14.4 Å². The number of aromatic nitrogens is 2. The van der Waals surface area contributed by atoms with E-state index < -0.39 is 0 Å². The molecule has 1 aliphatic carbocycles. The average molecular weight is 717 g/mol. The summed E-state index contributed by atoms with van der Waals surface area (Å²) in [4.78, 5) is 11.0. The molecule has 3 heteroatoms. The number of fused-ring (bicyclic) bond motifs is 7. The first-order valence-corrected chi connectivity index (χ1v) is 19.2. The molecule has 1 aliphatic rings. The molecule has 0 spiro atoms. The van der Waals surface area contributed by atoms with E-state index in [1.165, 1.54) is 44.5 Å². The molecule has 0 atom stereocenters. The van der Waals surface area contributed by atoms with Gasteiger partial charge in [-0.2, -0.15) is 0 Å². The number of benzene rings is 8. The smallest absolute Gasteiger partial charge is 0.161 e. The normalized spacial score (nSPS) is 13.0. The molecule has 2 heterocycles. The highest BCUT2D eigenvalue weighted by molar-refractivity contribution is 6.15. The minimum atomic E-state index is -0.134. The van der Waals surface area contributed by atoms with Gasteiger partial charge in [-0.1, -0.05) is 153 Å². The molecule has 0 fully saturated rings. The first-order chi connectivity index (χ1) is 27.5. The summed E-state index contributed by atoms with van der Waals surface area (Å²) in [6.45, 7) is 4.63. The lowest BCUT2D eigenvalue weighted by Crippen LogP contribution is -2.14. The lowest BCUT2D eigenvalue weighted by molar-refractivity contribution is 0.660. The molecule has 56 heavy (non-hydrogen) atoms. The van der Waals surface area contributed by atoms with Crippen LogP contribution in [0.4, 0.5) is 0 Å². The van der Waals surface area contributed by atoms with Gasteiger partial charge >= 0.3 is 0 Å². The molecule has 3 nitrogen and oxygen atoms in total. The molecular weight excluding hydrogens is 681 g/mol. The average Bonchev–Trinajstić information content (AvgIpc) is 3.76. The van der Waals surface area contributed by atoms with E-state index in [0.29, 0.717) is 5.82 Å². The zero-order chi connectivity index (χ0) is 37.4. The van der Waals surface area contributed by atoms with Crippen molar-refractivity contribution in [1.82, 2.24) is 9.97 Å². The van der Waals surface area contributed by atoms with E-state index in [1.54, 1.807) is 0 Å². The highest BCUT2D eigenvalue weighted by Gasteiger charge is 2.37. The van der Waals surface area contributed by atoms with Gasteiger partial charge in [0.25, 0.3) is 0 Å². The lowest BCUT2D eigenvalue weighted by atomic mass is 9.82. The van der Waals surface area contributed by atoms with Crippen molar-refractivity contribution in [2.24, 2.45) is 0 Å². The predicted molar refractivity (Wildman–Crippen MR) is 232 cm³/mol. The van der Waals surface area contributed by atoms with E-state index >= 15 is 0 Å². The molecule has 8 aromatic carbocycles. The molecule has 0 amide bonds. The second kappa shape index (κ2) is 12.5. The summed E-state index contributed by atoms with van der Waals surface area (Å²) in [6, 6.07) is 64.8. The van der Waals surface area contributed by atoms with Crippen molar-refractivity contribution in [3.63, 3.8) is 0 Å². The SMILES string of the molecule is CC1(C)c2ccccc2-c2c(-c3nc(-c4cccc5oc6ccccc6c45)c4cc(-c5cc(-c6ccccc6)cc(-c6ccccc6)c5)ccc4n3)cccc21. The van der Waals surface area contributed by atoms with E-state index in [0.717, 1.165) is 60.8 Å². The van der Waals surface area contributed by atoms with Crippen LogP contribution >= 0.6 is 0 Å². The predicted octanol–water partition coefficient (Wildman–Crippen LogP) is 14.2. The Hall–Kier alpha value is -7.10. The highest BCUT2D eigenvalue weighted by atomic mass is 16.3. The molecular formula is C53H36N2O. The molecule has 264 valence electrons. The van der Waals surface area contributed by atoms with Crippen molar-refractivity contribution < 1.29 is 4.42 Å². The van der Waals surface area contributed by atoms with Gasteiger partial charge in [-0.25, -0.2) is 9.97 Å². The Kier molecular flexibility index (Phi) is 7.20. The molecule has 0 radical (unpaired) electrons. The first kappa shape index (κ1) is 32.3. The van der Waals surface area contributed by atoms with Crippen LogP contribution in [0.3, 0.4) is 0 Å². The van der Waals surface area contributed by atoms with Crippen molar-refractivity contribution in [3.05, 3.63) is 193 Å². The van der Waals surface area contributed by atoms with Crippen LogP contribution in [0.2, 0.25) is 0 Å². The Morgan fingerprint density at radius 1 is 0.411 bits per heavy atom. The van der Waals surface area contributed by atoms with Crippen LogP contribution in [-0.4, -0.2) is 9.97 Å². The molecule has 0 unspecified atom stereocenters. The van der Waals surface area contributed by atoms with Crippen LogP contribution in [-0.2, 0) is 5.41 Å². The molecule has 0 aliphatic heterocycles. The Morgan fingerprint density at radius 3 is 1.77 bits per heavy atom. The zero-order valence-corrected chi connectivity index (χ0v) is 31.1. The first-order valence-electron chi connectivity index (χ1n) is 19.2. The molecule has 11 rings (SSSR count). The van der Waals surface area contributed by atoms with Gasteiger partial charge in [-0.05, 0) is 98.1 Å². The van der Waals surface area contributed by atoms with Gasteiger partial charge in [0.05, 0.1) is 11.2 Å². The van der Waals surface area contributed by atoms with Crippen LogP contribution in [0.5, 0.6) is 0 Å². The number of furan rings is 1. The largest absolute Gasteiger partial charge is 0.456 e. The summed E-state index contributed by atoms with van der Waals surface area (Å²) in [5, 5.41) is 3.12. The third-order valence-electron chi connectivity index (χ3n) is 11.7. The van der Waals surface area contributed by atoms with Crippen molar-refractivity contribution in [2.75, 3.05) is 0 Å². The maximum atomic E-state index is 6.42. The van der Waals surface area contributed by atoms with Gasteiger partial charge in [0.1, 0.15) is 11.2 Å². The highest BCUT2D eigenvalue weighted by Crippen LogP contribution is 2.52. The topological polar surface area (TPSA) is 38.9 Å². The number of hydrogen-bond donors (Lipinski definition) is 0. The quantitative estimate of drug-likeness (QED) is 0.178. The van der Waals surface area contributed by atoms with Gasteiger partial charge < -0.3 is 4.42 Å². The van der Waals surface area contributed by atoms with E-state index in [-0.39, 0.29) is 5.41 Å². The number of nitrogens with zero attached hydrogens (tertiary/aromatic N) is 2. The van der Waals surface area contributed by atoms with Gasteiger partial charge in [-0.3, -0.25) is 0 Å². The Labute approximate surface area is 325 Å². The third-order valence-corrected chi connectivity index (χ3v) is 11.7. The van der Waals surface area contributed by atoms with Gasteiger partial charge in [0, 0.05) is 32.7 Å². The fourth-order valence-corrected chi connectivity index (χ4v) is 8.94. The summed E-state index contributed by atoms with van der Waals surface area (Å²) in [6.07, 6.45) is 0. The second-order valence-corrected chi connectivity index (χ2v) is 15.3. The van der Waals surface area contributed by atoms with E-state index in [9.17, 15) is 0 Å². The lowest BCUT2D eigenvalue weighted by Gasteiger charge is -2.21. The van der Waals surface area contributed by atoms with Crippen LogP contribution in [0, 0.1) is 0 Å². The molecule has 2 aromatic heterocycles. The van der Waals surface area contributed by atoms with Crippen molar-refractivity contribution in [2.45, 2.75) is 19.3 Å². The Bertz CT molecular complexity index is 3100. The van der Waals surface area contributed by atoms with Gasteiger partial charge in [0.2, 0.25) is 0 Å². The minimum absolute atomic E-state index is 0.134. The monoisotopic (exact) mass is 716 g/mol. The standard InChI is InChI=1S/C53H36N2O/c1-53(2)44-23-11-9-19-39(44)49-42(22-13-24-45(49)53)52-54-46-28-27-35(38-30-36(33-15-5-3-6-16-33)29-37(31-38)34-17-7-4-8-18-34)32-43(46)51(55-52)41-21-14-26-48-50(41)40-20-10-12-25-47(40)56-48/h3-32H,1-2H3. The fourth-order valence-electron chi connectivity index (χ4n) is 8.94. The maximum absolute atomic E-state index is 6.42. The third kappa shape index (κ3) is 5.05. The van der Waals surface area contributed by atoms with Crippen LogP contribution in [0.25, 0.3) is 100.0 Å². The van der Waals surface area contributed by atoms with Crippen molar-refractivity contribution in [3.8, 4) is 67.2 Å². The second-order valence-electron chi connectivity index (χ2n) is 15.3. The summed E-state index contributed by atoms with van der Waals surface area (Å²) >= 11 is 0. The summed E-state index contributed by atoms with van der Waals surface area (Å²) in [5.41, 5.74) is 17.4. The number of hydrogen-bond acceptors (Lipinski definition) is 3. The molecule has 10 aromatic rings. The maximum Gasteiger partial charge on any atom is 0.161 e. The summed E-state index contributed by atoms with van der Waals surface area (Å²) in [5.74, 6) is 0.715. The van der Waals surface area contributed by atoms with Crippen molar-refractivity contribution >= 4 is 32.8 Å². The number of rotatable bonds is 5. The van der Waals surface area contributed by atoms with Crippen molar-refractivity contribution in [1.29, 1.82) is 0 Å². The summed E-state index contributed by atoms with van der Waals surface area (Å²) < 4.78 is 6.42. The number of para-hydroxylation sites is 1. The van der Waals surface area contributed by atoms with E-state index in [2.05, 4.69) is 184 Å². The van der Waals surface area contributed by atoms with Gasteiger partial charge in [0.15, 0.2) is 5.82 Å².